The molecular weight excluding hydrogens is 236 g/mol. The molecular formula is C14H19ClO2. The summed E-state index contributed by atoms with van der Waals surface area (Å²) in [6, 6.07) is 10.2. The van der Waals surface area contributed by atoms with Gasteiger partial charge < -0.3 is 9.47 Å². The van der Waals surface area contributed by atoms with Gasteiger partial charge in [0.2, 0.25) is 0 Å². The first-order valence-corrected chi connectivity index (χ1v) is 6.80. The number of halogens is 1. The quantitative estimate of drug-likeness (QED) is 0.589. The molecule has 0 N–H and O–H groups in total. The molecule has 0 unspecified atom stereocenters. The molecule has 0 atom stereocenters. The summed E-state index contributed by atoms with van der Waals surface area (Å²) in [5.41, 5.74) is 1.12. The van der Waals surface area contributed by atoms with Crippen molar-refractivity contribution < 1.29 is 9.47 Å². The molecule has 2 rings (SSSR count). The molecule has 1 aliphatic rings. The second-order valence-corrected chi connectivity index (χ2v) is 4.69. The van der Waals surface area contributed by atoms with Crippen molar-refractivity contribution in [1.29, 1.82) is 0 Å². The first-order valence-electron chi connectivity index (χ1n) is 6.27. The monoisotopic (exact) mass is 254 g/mol. The Labute approximate surface area is 108 Å². The topological polar surface area (TPSA) is 18.5 Å². The highest BCUT2D eigenvalue weighted by Gasteiger charge is 2.35. The summed E-state index contributed by atoms with van der Waals surface area (Å²) < 4.78 is 11.9. The summed E-state index contributed by atoms with van der Waals surface area (Å²) in [6.45, 7) is 1.55. The Bertz CT molecular complexity index is 320. The lowest BCUT2D eigenvalue weighted by molar-refractivity contribution is -0.280. The van der Waals surface area contributed by atoms with Crippen molar-refractivity contribution >= 4 is 11.6 Å². The van der Waals surface area contributed by atoms with E-state index in [2.05, 4.69) is 12.1 Å². The fourth-order valence-electron chi connectivity index (χ4n) is 2.17. The van der Waals surface area contributed by atoms with Gasteiger partial charge in [0.1, 0.15) is 0 Å². The number of hydrogen-bond donors (Lipinski definition) is 0. The first-order chi connectivity index (χ1) is 8.37. The van der Waals surface area contributed by atoms with E-state index in [-0.39, 0.29) is 0 Å². The molecule has 0 bridgehead atoms. The third-order valence-electron chi connectivity index (χ3n) is 3.06. The molecule has 0 spiro atoms. The van der Waals surface area contributed by atoms with E-state index < -0.39 is 5.79 Å². The number of unbranched alkanes of at least 4 members (excludes halogenated alkanes) is 1. The molecule has 0 aliphatic carbocycles. The van der Waals surface area contributed by atoms with Gasteiger partial charge in [-0.1, -0.05) is 30.3 Å². The smallest absolute Gasteiger partial charge is 0.194 e. The van der Waals surface area contributed by atoms with Gasteiger partial charge in [0.05, 0.1) is 13.2 Å². The van der Waals surface area contributed by atoms with Crippen LogP contribution in [0, 0.1) is 0 Å². The molecule has 94 valence electrons. The molecule has 1 saturated heterocycles. The van der Waals surface area contributed by atoms with Crippen LogP contribution >= 0.6 is 11.6 Å². The fourth-order valence-corrected chi connectivity index (χ4v) is 2.36. The summed E-state index contributed by atoms with van der Waals surface area (Å²) in [4.78, 5) is 0. The van der Waals surface area contributed by atoms with Crippen LogP contribution in [0.1, 0.15) is 31.2 Å². The van der Waals surface area contributed by atoms with Crippen LogP contribution in [-0.2, 0) is 15.3 Å². The zero-order valence-electron chi connectivity index (χ0n) is 10.0. The number of alkyl halides is 1. The molecule has 0 aromatic heterocycles. The minimum absolute atomic E-state index is 0.536. The molecule has 17 heavy (non-hydrogen) atoms. The van der Waals surface area contributed by atoms with Gasteiger partial charge >= 0.3 is 0 Å². The van der Waals surface area contributed by atoms with Crippen LogP contribution in [-0.4, -0.2) is 19.1 Å². The molecule has 1 aromatic rings. The van der Waals surface area contributed by atoms with Gasteiger partial charge in [0.15, 0.2) is 5.79 Å². The van der Waals surface area contributed by atoms with E-state index in [0.717, 1.165) is 44.5 Å². The van der Waals surface area contributed by atoms with Crippen LogP contribution in [0.5, 0.6) is 0 Å². The largest absolute Gasteiger partial charge is 0.346 e. The molecule has 1 fully saturated rings. The maximum absolute atomic E-state index is 5.93. The highest BCUT2D eigenvalue weighted by Crippen LogP contribution is 2.35. The van der Waals surface area contributed by atoms with Gasteiger partial charge in [0.25, 0.3) is 0 Å². The van der Waals surface area contributed by atoms with Crippen LogP contribution in [0.25, 0.3) is 0 Å². The number of ether oxygens (including phenoxy) is 2. The Balaban J connectivity index is 2.11. The van der Waals surface area contributed by atoms with Crippen molar-refractivity contribution in [3.63, 3.8) is 0 Å². The standard InChI is InChI=1S/C14H19ClO2/c15-10-5-4-9-14(16-11-6-12-17-14)13-7-2-1-3-8-13/h1-3,7-8H,4-6,9-12H2. The molecule has 1 heterocycles. The van der Waals surface area contributed by atoms with Crippen LogP contribution in [0.4, 0.5) is 0 Å². The highest BCUT2D eigenvalue weighted by molar-refractivity contribution is 6.17. The summed E-state index contributed by atoms with van der Waals surface area (Å²) >= 11 is 5.73. The lowest BCUT2D eigenvalue weighted by Crippen LogP contribution is -2.38. The van der Waals surface area contributed by atoms with Crippen molar-refractivity contribution in [2.75, 3.05) is 19.1 Å². The Morgan fingerprint density at radius 3 is 2.41 bits per heavy atom. The number of benzene rings is 1. The molecule has 2 nitrogen and oxygen atoms in total. The van der Waals surface area contributed by atoms with Gasteiger partial charge in [-0.25, -0.2) is 0 Å². The van der Waals surface area contributed by atoms with Crippen LogP contribution in [0.3, 0.4) is 0 Å². The highest BCUT2D eigenvalue weighted by atomic mass is 35.5. The Hall–Kier alpha value is -0.570. The van der Waals surface area contributed by atoms with Gasteiger partial charge in [-0.3, -0.25) is 0 Å². The predicted octanol–water partition coefficient (Wildman–Crippen LogP) is 3.69. The molecule has 1 aromatic carbocycles. The molecule has 3 heteroatoms. The average molecular weight is 255 g/mol. The summed E-state index contributed by atoms with van der Waals surface area (Å²) in [6.07, 6.45) is 3.88. The molecule has 0 radical (unpaired) electrons. The second kappa shape index (κ2) is 6.39. The Kier molecular flexibility index (Phi) is 4.84. The maximum atomic E-state index is 5.93. The normalized spacial score (nSPS) is 19.1. The fraction of sp³-hybridized carbons (Fsp3) is 0.571. The zero-order valence-corrected chi connectivity index (χ0v) is 10.8. The van der Waals surface area contributed by atoms with Crippen molar-refractivity contribution in [1.82, 2.24) is 0 Å². The van der Waals surface area contributed by atoms with Gasteiger partial charge in [0, 0.05) is 17.9 Å². The molecule has 0 saturated carbocycles. The summed E-state index contributed by atoms with van der Waals surface area (Å²) in [7, 11) is 0. The van der Waals surface area contributed by atoms with Gasteiger partial charge in [-0.15, -0.1) is 11.6 Å². The van der Waals surface area contributed by atoms with E-state index in [0.29, 0.717) is 5.88 Å². The van der Waals surface area contributed by atoms with E-state index in [1.54, 1.807) is 0 Å². The minimum atomic E-state index is -0.536. The predicted molar refractivity (Wildman–Crippen MR) is 69.2 cm³/mol. The van der Waals surface area contributed by atoms with Crippen molar-refractivity contribution in [3.8, 4) is 0 Å². The van der Waals surface area contributed by atoms with E-state index in [4.69, 9.17) is 21.1 Å². The Morgan fingerprint density at radius 2 is 1.76 bits per heavy atom. The lowest BCUT2D eigenvalue weighted by atomic mass is 9.99. The van der Waals surface area contributed by atoms with Crippen LogP contribution < -0.4 is 0 Å². The SMILES string of the molecule is ClCCCCC1(c2ccccc2)OCCCO1. The molecule has 1 aliphatic heterocycles. The van der Waals surface area contributed by atoms with Crippen LogP contribution in [0.2, 0.25) is 0 Å². The Morgan fingerprint density at radius 1 is 1.06 bits per heavy atom. The third kappa shape index (κ3) is 3.21. The van der Waals surface area contributed by atoms with Crippen molar-refractivity contribution in [2.24, 2.45) is 0 Å². The summed E-state index contributed by atoms with van der Waals surface area (Å²) in [5.74, 6) is 0.163. The van der Waals surface area contributed by atoms with E-state index in [1.165, 1.54) is 0 Å². The van der Waals surface area contributed by atoms with Gasteiger partial charge in [-0.05, 0) is 19.3 Å². The lowest BCUT2D eigenvalue weighted by Gasteiger charge is -2.37. The second-order valence-electron chi connectivity index (χ2n) is 4.32. The van der Waals surface area contributed by atoms with Gasteiger partial charge in [-0.2, -0.15) is 0 Å². The average Bonchev–Trinajstić information content (AvgIpc) is 2.41. The number of rotatable bonds is 5. The van der Waals surface area contributed by atoms with E-state index in [9.17, 15) is 0 Å². The summed E-state index contributed by atoms with van der Waals surface area (Å²) in [5, 5.41) is 0. The maximum Gasteiger partial charge on any atom is 0.194 e. The zero-order chi connectivity index (χ0) is 12.0. The minimum Gasteiger partial charge on any atom is -0.346 e. The number of hydrogen-bond acceptors (Lipinski definition) is 2. The third-order valence-corrected chi connectivity index (χ3v) is 3.33. The van der Waals surface area contributed by atoms with Crippen LogP contribution in [0.15, 0.2) is 30.3 Å². The van der Waals surface area contributed by atoms with E-state index in [1.807, 2.05) is 18.2 Å². The van der Waals surface area contributed by atoms with Crippen molar-refractivity contribution in [2.45, 2.75) is 31.5 Å². The van der Waals surface area contributed by atoms with Crippen molar-refractivity contribution in [3.05, 3.63) is 35.9 Å². The molecule has 0 amide bonds. The van der Waals surface area contributed by atoms with E-state index >= 15 is 0 Å². The first kappa shape index (κ1) is 12.9.